The Morgan fingerprint density at radius 1 is 1.50 bits per heavy atom. The first kappa shape index (κ1) is 10.1. The molecule has 1 aromatic rings. The van der Waals surface area contributed by atoms with E-state index in [0.29, 0.717) is 0 Å². The van der Waals surface area contributed by atoms with E-state index >= 15 is 0 Å². The Balaban J connectivity index is 2.57. The number of anilines is 1. The lowest BCUT2D eigenvalue weighted by Gasteiger charge is -2.05. The number of carbonyl (C=O) groups is 1. The third-order valence-corrected chi connectivity index (χ3v) is 1.47. The average Bonchev–Trinajstić information content (AvgIpc) is 2.18. The lowest BCUT2D eigenvalue weighted by atomic mass is 10.3. The Morgan fingerprint density at radius 3 is 2.86 bits per heavy atom. The second-order valence-corrected chi connectivity index (χ2v) is 2.49. The zero-order valence-electron chi connectivity index (χ0n) is 7.38. The molecule has 0 bridgehead atoms. The van der Waals surface area contributed by atoms with Crippen LogP contribution in [0.1, 0.15) is 0 Å². The standard InChI is InChI=1S/C10H9FN2O/c1-2-7-12-10(14)13-9-6-4-3-5-8(9)11/h1,3-6H,7H2,(H2,12,13,14). The van der Waals surface area contributed by atoms with Crippen LogP contribution in [0.4, 0.5) is 14.9 Å². The summed E-state index contributed by atoms with van der Waals surface area (Å²) in [6.45, 7) is 0.111. The largest absolute Gasteiger partial charge is 0.327 e. The first-order valence-corrected chi connectivity index (χ1v) is 3.97. The van der Waals surface area contributed by atoms with Gasteiger partial charge in [0, 0.05) is 0 Å². The zero-order valence-corrected chi connectivity index (χ0v) is 7.38. The summed E-state index contributed by atoms with van der Waals surface area (Å²) < 4.78 is 13.0. The molecular weight excluding hydrogens is 183 g/mol. The summed E-state index contributed by atoms with van der Waals surface area (Å²) >= 11 is 0. The van der Waals surface area contributed by atoms with E-state index in [1.54, 1.807) is 12.1 Å². The normalized spacial score (nSPS) is 8.86. The van der Waals surface area contributed by atoms with Gasteiger partial charge in [-0.25, -0.2) is 9.18 Å². The van der Waals surface area contributed by atoms with Crippen molar-refractivity contribution in [1.82, 2.24) is 5.32 Å². The van der Waals surface area contributed by atoms with Crippen LogP contribution in [-0.4, -0.2) is 12.6 Å². The van der Waals surface area contributed by atoms with Gasteiger partial charge in [0.15, 0.2) is 0 Å². The number of hydrogen-bond acceptors (Lipinski definition) is 1. The Bertz CT molecular complexity index is 371. The van der Waals surface area contributed by atoms with Gasteiger partial charge in [-0.3, -0.25) is 0 Å². The monoisotopic (exact) mass is 192 g/mol. The number of nitrogens with one attached hydrogen (secondary N) is 2. The average molecular weight is 192 g/mol. The van der Waals surface area contributed by atoms with Crippen LogP contribution in [0.25, 0.3) is 0 Å². The molecule has 0 fully saturated rings. The van der Waals surface area contributed by atoms with Crippen LogP contribution >= 0.6 is 0 Å². The second-order valence-electron chi connectivity index (χ2n) is 2.49. The Kier molecular flexibility index (Phi) is 3.50. The number of urea groups is 1. The molecule has 2 amide bonds. The lowest BCUT2D eigenvalue weighted by molar-refractivity contribution is 0.253. The van der Waals surface area contributed by atoms with Gasteiger partial charge in [0.1, 0.15) is 5.82 Å². The van der Waals surface area contributed by atoms with Crippen LogP contribution in [0.3, 0.4) is 0 Å². The minimum absolute atomic E-state index is 0.111. The summed E-state index contributed by atoms with van der Waals surface area (Å²) in [6, 6.07) is 5.37. The van der Waals surface area contributed by atoms with Crippen molar-refractivity contribution in [2.24, 2.45) is 0 Å². The molecule has 0 aromatic heterocycles. The van der Waals surface area contributed by atoms with Gasteiger partial charge in [-0.2, -0.15) is 0 Å². The highest BCUT2D eigenvalue weighted by Crippen LogP contribution is 2.11. The van der Waals surface area contributed by atoms with Crippen molar-refractivity contribution in [3.63, 3.8) is 0 Å². The summed E-state index contributed by atoms with van der Waals surface area (Å²) in [7, 11) is 0. The van der Waals surface area contributed by atoms with Crippen molar-refractivity contribution in [2.45, 2.75) is 0 Å². The number of amides is 2. The minimum Gasteiger partial charge on any atom is -0.327 e. The van der Waals surface area contributed by atoms with Crippen molar-refractivity contribution < 1.29 is 9.18 Å². The zero-order chi connectivity index (χ0) is 10.4. The summed E-state index contributed by atoms with van der Waals surface area (Å²) in [5.74, 6) is 1.75. The third kappa shape index (κ3) is 2.79. The highest BCUT2D eigenvalue weighted by atomic mass is 19.1. The predicted octanol–water partition coefficient (Wildman–Crippen LogP) is 1.58. The Hall–Kier alpha value is -2.02. The molecule has 0 saturated carbocycles. The highest BCUT2D eigenvalue weighted by Gasteiger charge is 2.03. The molecule has 72 valence electrons. The van der Waals surface area contributed by atoms with E-state index < -0.39 is 11.8 Å². The van der Waals surface area contributed by atoms with Crippen molar-refractivity contribution >= 4 is 11.7 Å². The van der Waals surface area contributed by atoms with Gasteiger partial charge >= 0.3 is 6.03 Å². The molecule has 0 heterocycles. The molecule has 0 aliphatic carbocycles. The van der Waals surface area contributed by atoms with Crippen LogP contribution in [0, 0.1) is 18.2 Å². The van der Waals surface area contributed by atoms with Gasteiger partial charge in [0.2, 0.25) is 0 Å². The molecule has 0 saturated heterocycles. The van der Waals surface area contributed by atoms with Gasteiger partial charge in [0.05, 0.1) is 12.2 Å². The van der Waals surface area contributed by atoms with Crippen LogP contribution in [0.15, 0.2) is 24.3 Å². The van der Waals surface area contributed by atoms with Gasteiger partial charge < -0.3 is 10.6 Å². The molecule has 1 aromatic carbocycles. The van der Waals surface area contributed by atoms with Crippen molar-refractivity contribution in [1.29, 1.82) is 0 Å². The SMILES string of the molecule is C#CCNC(=O)Nc1ccccc1F. The smallest absolute Gasteiger partial charge is 0.320 e. The van der Waals surface area contributed by atoms with E-state index in [9.17, 15) is 9.18 Å². The van der Waals surface area contributed by atoms with Crippen molar-refractivity contribution in [3.05, 3.63) is 30.1 Å². The maximum Gasteiger partial charge on any atom is 0.320 e. The molecule has 4 heteroatoms. The van der Waals surface area contributed by atoms with Gasteiger partial charge in [-0.1, -0.05) is 18.1 Å². The Labute approximate surface area is 81.3 Å². The quantitative estimate of drug-likeness (QED) is 0.686. The summed E-state index contributed by atoms with van der Waals surface area (Å²) in [5, 5.41) is 4.68. The summed E-state index contributed by atoms with van der Waals surface area (Å²) in [4.78, 5) is 11.0. The number of terminal acetylenes is 1. The van der Waals surface area contributed by atoms with Gasteiger partial charge in [0.25, 0.3) is 0 Å². The fourth-order valence-electron chi connectivity index (χ4n) is 0.860. The number of carbonyl (C=O) groups excluding carboxylic acids is 1. The van der Waals surface area contributed by atoms with E-state index in [1.807, 2.05) is 0 Å². The summed E-state index contributed by atoms with van der Waals surface area (Å²) in [5.41, 5.74) is 0.127. The molecule has 0 aliphatic heterocycles. The maximum absolute atomic E-state index is 13.0. The molecule has 0 radical (unpaired) electrons. The number of benzene rings is 1. The second kappa shape index (κ2) is 4.87. The molecular formula is C10H9FN2O. The van der Waals surface area contributed by atoms with Crippen molar-refractivity contribution in [3.8, 4) is 12.3 Å². The molecule has 1 rings (SSSR count). The molecule has 3 nitrogen and oxygen atoms in total. The topological polar surface area (TPSA) is 41.1 Å². The fourth-order valence-corrected chi connectivity index (χ4v) is 0.860. The lowest BCUT2D eigenvalue weighted by Crippen LogP contribution is -2.29. The Morgan fingerprint density at radius 2 is 2.21 bits per heavy atom. The molecule has 0 unspecified atom stereocenters. The van der Waals surface area contributed by atoms with Crippen LogP contribution in [-0.2, 0) is 0 Å². The van der Waals surface area contributed by atoms with Crippen molar-refractivity contribution in [2.75, 3.05) is 11.9 Å². The number of halogens is 1. The number of hydrogen-bond donors (Lipinski definition) is 2. The number of para-hydroxylation sites is 1. The highest BCUT2D eigenvalue weighted by molar-refractivity contribution is 5.89. The molecule has 0 spiro atoms. The first-order valence-electron chi connectivity index (χ1n) is 3.97. The minimum atomic E-state index is -0.520. The molecule has 14 heavy (non-hydrogen) atoms. The van der Waals surface area contributed by atoms with E-state index in [2.05, 4.69) is 16.6 Å². The molecule has 2 N–H and O–H groups in total. The first-order chi connectivity index (χ1) is 6.74. The summed E-state index contributed by atoms with van der Waals surface area (Å²) in [6.07, 6.45) is 4.93. The predicted molar refractivity (Wildman–Crippen MR) is 52.3 cm³/mol. The number of rotatable bonds is 2. The van der Waals surface area contributed by atoms with Crippen LogP contribution in [0.2, 0.25) is 0 Å². The van der Waals surface area contributed by atoms with Gasteiger partial charge in [-0.15, -0.1) is 6.42 Å². The van der Waals surface area contributed by atoms with Gasteiger partial charge in [-0.05, 0) is 12.1 Å². The van der Waals surface area contributed by atoms with Crippen LogP contribution < -0.4 is 10.6 Å². The third-order valence-electron chi connectivity index (χ3n) is 1.47. The fraction of sp³-hybridized carbons (Fsp3) is 0.100. The van der Waals surface area contributed by atoms with E-state index in [-0.39, 0.29) is 12.2 Å². The molecule has 0 atom stereocenters. The van der Waals surface area contributed by atoms with Crippen LogP contribution in [0.5, 0.6) is 0 Å². The van der Waals surface area contributed by atoms with E-state index in [1.165, 1.54) is 12.1 Å². The molecule has 0 aliphatic rings. The maximum atomic E-state index is 13.0. The van der Waals surface area contributed by atoms with E-state index in [4.69, 9.17) is 6.42 Å². The van der Waals surface area contributed by atoms with E-state index in [0.717, 1.165) is 0 Å².